The summed E-state index contributed by atoms with van der Waals surface area (Å²) in [5.74, 6) is 0.639. The summed E-state index contributed by atoms with van der Waals surface area (Å²) in [7, 11) is 2.17. The fraction of sp³-hybridized carbons (Fsp3) is 0.923. The predicted octanol–water partition coefficient (Wildman–Crippen LogP) is 0.0839. The third-order valence-electron chi connectivity index (χ3n) is 4.67. The van der Waals surface area contributed by atoms with Crippen molar-refractivity contribution in [1.29, 1.82) is 0 Å². The van der Waals surface area contributed by atoms with Crippen molar-refractivity contribution in [1.82, 2.24) is 20.4 Å². The van der Waals surface area contributed by atoms with Crippen LogP contribution in [0.3, 0.4) is 0 Å². The topological polar surface area (TPSA) is 47.6 Å². The summed E-state index contributed by atoms with van der Waals surface area (Å²) in [6.07, 6.45) is 3.56. The zero-order chi connectivity index (χ0) is 12.5. The van der Waals surface area contributed by atoms with Gasteiger partial charge in [-0.1, -0.05) is 0 Å². The van der Waals surface area contributed by atoms with Gasteiger partial charge in [0.05, 0.1) is 6.04 Å². The standard InChI is InChI=1S/C13H24N4O/c1-16-6-4-10(8-16)12-9-17(13(18)15-12)11-3-2-5-14-7-11/h10-12,14H,2-9H2,1H3,(H,15,18). The molecule has 0 radical (unpaired) electrons. The molecule has 0 aromatic rings. The lowest BCUT2D eigenvalue weighted by atomic mass is 9.99. The van der Waals surface area contributed by atoms with Crippen LogP contribution < -0.4 is 10.6 Å². The Hall–Kier alpha value is -0.810. The molecule has 0 spiro atoms. The normalized spacial score (nSPS) is 38.2. The van der Waals surface area contributed by atoms with Crippen LogP contribution in [-0.2, 0) is 0 Å². The zero-order valence-electron chi connectivity index (χ0n) is 11.2. The molecular formula is C13H24N4O. The lowest BCUT2D eigenvalue weighted by molar-refractivity contribution is 0.182. The smallest absolute Gasteiger partial charge is 0.318 e. The van der Waals surface area contributed by atoms with Gasteiger partial charge in [0, 0.05) is 25.7 Å². The van der Waals surface area contributed by atoms with Gasteiger partial charge in [-0.3, -0.25) is 0 Å². The molecule has 0 bridgehead atoms. The highest BCUT2D eigenvalue weighted by Crippen LogP contribution is 2.24. The van der Waals surface area contributed by atoms with E-state index >= 15 is 0 Å². The van der Waals surface area contributed by atoms with E-state index in [-0.39, 0.29) is 6.03 Å². The molecule has 0 aliphatic carbocycles. The second-order valence-electron chi connectivity index (χ2n) is 6.02. The van der Waals surface area contributed by atoms with Gasteiger partial charge in [0.15, 0.2) is 0 Å². The van der Waals surface area contributed by atoms with Crippen molar-refractivity contribution >= 4 is 6.03 Å². The lowest BCUT2D eigenvalue weighted by Gasteiger charge is -2.31. The van der Waals surface area contributed by atoms with Crippen LogP contribution in [-0.4, -0.2) is 67.7 Å². The highest BCUT2D eigenvalue weighted by Gasteiger charge is 2.39. The van der Waals surface area contributed by atoms with Crippen molar-refractivity contribution in [2.75, 3.05) is 39.8 Å². The van der Waals surface area contributed by atoms with Crippen LogP contribution in [0.25, 0.3) is 0 Å². The summed E-state index contributed by atoms with van der Waals surface area (Å²) in [6.45, 7) is 5.26. The summed E-state index contributed by atoms with van der Waals surface area (Å²) in [5, 5.41) is 6.59. The first-order valence-electron chi connectivity index (χ1n) is 7.20. The van der Waals surface area contributed by atoms with Crippen LogP contribution in [0.2, 0.25) is 0 Å². The van der Waals surface area contributed by atoms with E-state index in [1.807, 2.05) is 0 Å². The summed E-state index contributed by atoms with van der Waals surface area (Å²) >= 11 is 0. The number of carbonyl (C=O) groups is 1. The number of urea groups is 1. The number of hydrogen-bond acceptors (Lipinski definition) is 3. The van der Waals surface area contributed by atoms with E-state index in [9.17, 15) is 4.79 Å². The highest BCUT2D eigenvalue weighted by molar-refractivity contribution is 5.77. The first kappa shape index (κ1) is 12.2. The molecule has 5 nitrogen and oxygen atoms in total. The van der Waals surface area contributed by atoms with Gasteiger partial charge in [0.25, 0.3) is 0 Å². The van der Waals surface area contributed by atoms with E-state index in [0.717, 1.165) is 32.6 Å². The number of hydrogen-bond donors (Lipinski definition) is 2. The molecule has 102 valence electrons. The van der Waals surface area contributed by atoms with Crippen LogP contribution in [0.4, 0.5) is 4.79 Å². The van der Waals surface area contributed by atoms with Gasteiger partial charge < -0.3 is 20.4 Å². The Morgan fingerprint density at radius 1 is 1.28 bits per heavy atom. The summed E-state index contributed by atoms with van der Waals surface area (Å²) in [5.41, 5.74) is 0. The maximum absolute atomic E-state index is 12.1. The number of piperidine rings is 1. The Morgan fingerprint density at radius 2 is 2.17 bits per heavy atom. The van der Waals surface area contributed by atoms with Gasteiger partial charge in [-0.2, -0.15) is 0 Å². The van der Waals surface area contributed by atoms with Gasteiger partial charge in [-0.25, -0.2) is 4.79 Å². The zero-order valence-corrected chi connectivity index (χ0v) is 11.2. The van der Waals surface area contributed by atoms with E-state index < -0.39 is 0 Å². The first-order chi connectivity index (χ1) is 8.74. The molecule has 18 heavy (non-hydrogen) atoms. The maximum Gasteiger partial charge on any atom is 0.318 e. The molecular weight excluding hydrogens is 228 g/mol. The minimum Gasteiger partial charge on any atom is -0.333 e. The molecule has 0 aromatic heterocycles. The summed E-state index contributed by atoms with van der Waals surface area (Å²) in [4.78, 5) is 16.5. The van der Waals surface area contributed by atoms with Crippen molar-refractivity contribution in [2.24, 2.45) is 5.92 Å². The minimum atomic E-state index is 0.156. The second kappa shape index (κ2) is 5.05. The van der Waals surface area contributed by atoms with Crippen LogP contribution in [0.1, 0.15) is 19.3 Å². The number of carbonyl (C=O) groups excluding carboxylic acids is 1. The molecule has 3 unspecified atom stereocenters. The van der Waals surface area contributed by atoms with Gasteiger partial charge in [0.1, 0.15) is 0 Å². The maximum atomic E-state index is 12.1. The highest BCUT2D eigenvalue weighted by atomic mass is 16.2. The summed E-state index contributed by atoms with van der Waals surface area (Å²) in [6, 6.07) is 0.926. The van der Waals surface area contributed by atoms with Gasteiger partial charge in [0.2, 0.25) is 0 Å². The Kier molecular flexibility index (Phi) is 3.43. The third kappa shape index (κ3) is 2.34. The van der Waals surface area contributed by atoms with Crippen molar-refractivity contribution in [2.45, 2.75) is 31.3 Å². The fourth-order valence-corrected chi connectivity index (χ4v) is 3.56. The molecule has 3 aliphatic heterocycles. The van der Waals surface area contributed by atoms with Crippen LogP contribution in [0.5, 0.6) is 0 Å². The number of likely N-dealkylation sites (tertiary alicyclic amines) is 1. The minimum absolute atomic E-state index is 0.156. The molecule has 3 saturated heterocycles. The monoisotopic (exact) mass is 252 g/mol. The van der Waals surface area contributed by atoms with Gasteiger partial charge in [-0.05, 0) is 45.3 Å². The Bertz CT molecular complexity index is 316. The Labute approximate surface area is 109 Å². The molecule has 3 atom stereocenters. The number of nitrogens with zero attached hydrogens (tertiary/aromatic N) is 2. The summed E-state index contributed by atoms with van der Waals surface area (Å²) < 4.78 is 0. The van der Waals surface area contributed by atoms with E-state index in [1.165, 1.54) is 19.4 Å². The molecule has 3 rings (SSSR count). The molecule has 3 fully saturated rings. The SMILES string of the molecule is CN1CCC(C2CN(C3CCCNC3)C(=O)N2)C1. The number of rotatable bonds is 2. The van der Waals surface area contributed by atoms with Crippen molar-refractivity contribution in [3.63, 3.8) is 0 Å². The molecule has 0 saturated carbocycles. The molecule has 3 heterocycles. The largest absolute Gasteiger partial charge is 0.333 e. The van der Waals surface area contributed by atoms with Crippen LogP contribution in [0, 0.1) is 5.92 Å². The van der Waals surface area contributed by atoms with E-state index in [1.54, 1.807) is 0 Å². The second-order valence-corrected chi connectivity index (χ2v) is 6.02. The molecule has 3 aliphatic rings. The van der Waals surface area contributed by atoms with Crippen molar-refractivity contribution < 1.29 is 4.79 Å². The number of nitrogens with one attached hydrogen (secondary N) is 2. The predicted molar refractivity (Wildman–Crippen MR) is 70.5 cm³/mol. The van der Waals surface area contributed by atoms with Gasteiger partial charge in [-0.15, -0.1) is 0 Å². The van der Waals surface area contributed by atoms with Crippen molar-refractivity contribution in [3.05, 3.63) is 0 Å². The quantitative estimate of drug-likeness (QED) is 0.732. The molecule has 2 amide bonds. The van der Waals surface area contributed by atoms with Crippen LogP contribution >= 0.6 is 0 Å². The lowest BCUT2D eigenvalue weighted by Crippen LogP contribution is -2.47. The molecule has 5 heteroatoms. The van der Waals surface area contributed by atoms with Gasteiger partial charge >= 0.3 is 6.03 Å². The number of amides is 2. The van der Waals surface area contributed by atoms with Crippen molar-refractivity contribution in [3.8, 4) is 0 Å². The third-order valence-corrected chi connectivity index (χ3v) is 4.67. The van der Waals surface area contributed by atoms with E-state index in [4.69, 9.17) is 0 Å². The average molecular weight is 252 g/mol. The van der Waals surface area contributed by atoms with E-state index in [2.05, 4.69) is 27.5 Å². The average Bonchev–Trinajstić information content (AvgIpc) is 2.97. The van der Waals surface area contributed by atoms with E-state index in [0.29, 0.717) is 18.0 Å². The molecule has 2 N–H and O–H groups in total. The molecule has 0 aromatic carbocycles. The Balaban J connectivity index is 1.59. The fourth-order valence-electron chi connectivity index (χ4n) is 3.56. The Morgan fingerprint density at radius 3 is 2.83 bits per heavy atom. The first-order valence-corrected chi connectivity index (χ1v) is 7.20. The van der Waals surface area contributed by atoms with Crippen LogP contribution in [0.15, 0.2) is 0 Å².